The lowest BCUT2D eigenvalue weighted by Crippen LogP contribution is -2.42. The molecule has 0 aliphatic carbocycles. The van der Waals surface area contributed by atoms with E-state index >= 15 is 0 Å². The van der Waals surface area contributed by atoms with Crippen LogP contribution < -0.4 is 5.32 Å². The van der Waals surface area contributed by atoms with Gasteiger partial charge >= 0.3 is 0 Å². The highest BCUT2D eigenvalue weighted by Gasteiger charge is 2.09. The second-order valence-corrected chi connectivity index (χ2v) is 4.42. The quantitative estimate of drug-likeness (QED) is 0.635. The first-order valence-corrected chi connectivity index (χ1v) is 6.04. The molecule has 0 saturated heterocycles. The van der Waals surface area contributed by atoms with Gasteiger partial charge in [-0.15, -0.1) is 0 Å². The molecule has 0 heterocycles. The molecule has 92 valence electrons. The molecule has 0 aromatic heterocycles. The minimum Gasteiger partial charge on any atom is -0.383 e. The van der Waals surface area contributed by atoms with E-state index in [0.29, 0.717) is 12.1 Å². The summed E-state index contributed by atoms with van der Waals surface area (Å²) >= 11 is 0. The summed E-state index contributed by atoms with van der Waals surface area (Å²) in [6.45, 7) is 9.60. The Morgan fingerprint density at radius 3 is 2.53 bits per heavy atom. The zero-order valence-corrected chi connectivity index (χ0v) is 11.0. The molecule has 3 nitrogen and oxygen atoms in total. The Balaban J connectivity index is 3.57. The summed E-state index contributed by atoms with van der Waals surface area (Å²) in [6.07, 6.45) is 2.51. The van der Waals surface area contributed by atoms with Crippen LogP contribution in [0.25, 0.3) is 0 Å². The average Bonchev–Trinajstić information content (AvgIpc) is 2.22. The average molecular weight is 216 g/mol. The highest BCUT2D eigenvalue weighted by molar-refractivity contribution is 4.69. The van der Waals surface area contributed by atoms with E-state index in [1.165, 1.54) is 12.8 Å². The number of hydrogen-bond donors (Lipinski definition) is 1. The van der Waals surface area contributed by atoms with Crippen molar-refractivity contribution in [2.24, 2.45) is 0 Å². The van der Waals surface area contributed by atoms with Gasteiger partial charge in [-0.25, -0.2) is 0 Å². The molecule has 2 unspecified atom stereocenters. The molecule has 0 aromatic rings. The first kappa shape index (κ1) is 14.9. The Morgan fingerprint density at radius 2 is 2.00 bits per heavy atom. The van der Waals surface area contributed by atoms with Crippen LogP contribution in [0.1, 0.15) is 33.6 Å². The smallest absolute Gasteiger partial charge is 0.0589 e. The second kappa shape index (κ2) is 9.13. The highest BCUT2D eigenvalue weighted by atomic mass is 16.5. The number of methoxy groups -OCH3 is 1. The third kappa shape index (κ3) is 7.77. The summed E-state index contributed by atoms with van der Waals surface area (Å²) in [4.78, 5) is 2.33. The lowest BCUT2D eigenvalue weighted by Gasteiger charge is -2.26. The fraction of sp³-hybridized carbons (Fsp3) is 1.00. The monoisotopic (exact) mass is 216 g/mol. The number of nitrogens with zero attached hydrogens (tertiary/aromatic N) is 1. The SMILES string of the molecule is CCCC(C)NCC(C)N(C)CCOC. The minimum absolute atomic E-state index is 0.569. The van der Waals surface area contributed by atoms with Gasteiger partial charge in [0.1, 0.15) is 0 Å². The number of nitrogens with one attached hydrogen (secondary N) is 1. The number of ether oxygens (including phenoxy) is 1. The topological polar surface area (TPSA) is 24.5 Å². The van der Waals surface area contributed by atoms with Gasteiger partial charge in [0.15, 0.2) is 0 Å². The van der Waals surface area contributed by atoms with E-state index in [4.69, 9.17) is 4.74 Å². The molecule has 0 fully saturated rings. The molecule has 0 aromatic carbocycles. The molecule has 0 radical (unpaired) electrons. The van der Waals surface area contributed by atoms with Crippen LogP contribution >= 0.6 is 0 Å². The van der Waals surface area contributed by atoms with Crippen molar-refractivity contribution < 1.29 is 4.74 Å². The first-order chi connectivity index (χ1) is 7.11. The van der Waals surface area contributed by atoms with Crippen molar-refractivity contribution in [2.75, 3.05) is 33.9 Å². The van der Waals surface area contributed by atoms with Crippen LogP contribution in [0.5, 0.6) is 0 Å². The molecule has 0 rings (SSSR count). The number of likely N-dealkylation sites (N-methyl/N-ethyl adjacent to an activating group) is 1. The maximum Gasteiger partial charge on any atom is 0.0589 e. The van der Waals surface area contributed by atoms with Gasteiger partial charge < -0.3 is 15.0 Å². The van der Waals surface area contributed by atoms with Gasteiger partial charge in [-0.05, 0) is 27.3 Å². The first-order valence-electron chi connectivity index (χ1n) is 6.04. The minimum atomic E-state index is 0.569. The van der Waals surface area contributed by atoms with Gasteiger partial charge in [0.25, 0.3) is 0 Å². The second-order valence-electron chi connectivity index (χ2n) is 4.42. The van der Waals surface area contributed by atoms with Crippen LogP contribution in [0.3, 0.4) is 0 Å². The van der Waals surface area contributed by atoms with Gasteiger partial charge in [-0.3, -0.25) is 0 Å². The molecule has 3 heteroatoms. The van der Waals surface area contributed by atoms with E-state index in [2.05, 4.69) is 38.0 Å². The molecular formula is C12H28N2O. The normalized spacial score (nSPS) is 15.6. The molecule has 0 saturated carbocycles. The third-order valence-electron chi connectivity index (χ3n) is 2.88. The van der Waals surface area contributed by atoms with Crippen molar-refractivity contribution in [3.63, 3.8) is 0 Å². The summed E-state index contributed by atoms with van der Waals surface area (Å²) in [5.41, 5.74) is 0. The largest absolute Gasteiger partial charge is 0.383 e. The summed E-state index contributed by atoms with van der Waals surface area (Å²) in [5, 5.41) is 3.56. The van der Waals surface area contributed by atoms with E-state index < -0.39 is 0 Å². The summed E-state index contributed by atoms with van der Waals surface area (Å²) in [7, 11) is 3.90. The van der Waals surface area contributed by atoms with Gasteiger partial charge in [0.2, 0.25) is 0 Å². The fourth-order valence-electron chi connectivity index (χ4n) is 1.52. The number of rotatable bonds is 9. The molecular weight excluding hydrogens is 188 g/mol. The van der Waals surface area contributed by atoms with Gasteiger partial charge in [0, 0.05) is 32.3 Å². The molecule has 1 N–H and O–H groups in total. The van der Waals surface area contributed by atoms with Crippen LogP contribution in [-0.4, -0.2) is 50.8 Å². The standard InChI is InChI=1S/C12H28N2O/c1-6-7-11(2)13-10-12(3)14(4)8-9-15-5/h11-13H,6-10H2,1-5H3. The zero-order valence-electron chi connectivity index (χ0n) is 11.0. The fourth-order valence-corrected chi connectivity index (χ4v) is 1.52. The van der Waals surface area contributed by atoms with E-state index in [-0.39, 0.29) is 0 Å². The predicted octanol–water partition coefficient (Wildman–Crippen LogP) is 1.73. The maximum atomic E-state index is 5.06. The van der Waals surface area contributed by atoms with Gasteiger partial charge in [0.05, 0.1) is 6.61 Å². The van der Waals surface area contributed by atoms with Crippen LogP contribution in [0.15, 0.2) is 0 Å². The maximum absolute atomic E-state index is 5.06. The lowest BCUT2D eigenvalue weighted by molar-refractivity contribution is 0.141. The van der Waals surface area contributed by atoms with Crippen molar-refractivity contribution >= 4 is 0 Å². The van der Waals surface area contributed by atoms with Crippen LogP contribution in [-0.2, 0) is 4.74 Å². The Hall–Kier alpha value is -0.120. The third-order valence-corrected chi connectivity index (χ3v) is 2.88. The van der Waals surface area contributed by atoms with Crippen molar-refractivity contribution in [1.29, 1.82) is 0 Å². The zero-order chi connectivity index (χ0) is 11.7. The lowest BCUT2D eigenvalue weighted by atomic mass is 10.2. The van der Waals surface area contributed by atoms with E-state index in [1.54, 1.807) is 7.11 Å². The number of hydrogen-bond acceptors (Lipinski definition) is 3. The molecule has 15 heavy (non-hydrogen) atoms. The Bertz CT molecular complexity index is 142. The summed E-state index contributed by atoms with van der Waals surface area (Å²) in [6, 6.07) is 1.20. The van der Waals surface area contributed by atoms with E-state index in [1.807, 2.05) is 0 Å². The Kier molecular flexibility index (Phi) is 9.06. The molecule has 0 bridgehead atoms. The molecule has 0 aliphatic rings. The molecule has 0 amide bonds. The van der Waals surface area contributed by atoms with E-state index in [0.717, 1.165) is 19.7 Å². The molecule has 0 aliphatic heterocycles. The highest BCUT2D eigenvalue weighted by Crippen LogP contribution is 1.98. The molecule has 2 atom stereocenters. The van der Waals surface area contributed by atoms with Crippen molar-refractivity contribution in [3.8, 4) is 0 Å². The molecule has 0 spiro atoms. The Labute approximate surface area is 95.2 Å². The van der Waals surface area contributed by atoms with Crippen LogP contribution in [0.2, 0.25) is 0 Å². The predicted molar refractivity (Wildman–Crippen MR) is 66.3 cm³/mol. The van der Waals surface area contributed by atoms with Crippen LogP contribution in [0.4, 0.5) is 0 Å². The Morgan fingerprint density at radius 1 is 1.33 bits per heavy atom. The summed E-state index contributed by atoms with van der Waals surface area (Å²) < 4.78 is 5.06. The van der Waals surface area contributed by atoms with E-state index in [9.17, 15) is 0 Å². The summed E-state index contributed by atoms with van der Waals surface area (Å²) in [5.74, 6) is 0. The van der Waals surface area contributed by atoms with Crippen molar-refractivity contribution in [1.82, 2.24) is 10.2 Å². The van der Waals surface area contributed by atoms with Gasteiger partial charge in [-0.1, -0.05) is 13.3 Å². The van der Waals surface area contributed by atoms with Crippen molar-refractivity contribution in [2.45, 2.75) is 45.7 Å². The van der Waals surface area contributed by atoms with Crippen LogP contribution in [0, 0.1) is 0 Å². The van der Waals surface area contributed by atoms with Gasteiger partial charge in [-0.2, -0.15) is 0 Å². The van der Waals surface area contributed by atoms with Crippen molar-refractivity contribution in [3.05, 3.63) is 0 Å².